The predicted octanol–water partition coefficient (Wildman–Crippen LogP) is 0.673. The summed E-state index contributed by atoms with van der Waals surface area (Å²) in [6.45, 7) is 1.85. The molecule has 6 heteroatoms. The average Bonchev–Trinajstić information content (AvgIpc) is 2.31. The normalized spacial score (nSPS) is 11.3. The summed E-state index contributed by atoms with van der Waals surface area (Å²) in [6.07, 6.45) is 1.87. The Kier molecular flexibility index (Phi) is 4.45. The van der Waals surface area contributed by atoms with E-state index in [2.05, 4.69) is 5.10 Å². The van der Waals surface area contributed by atoms with Gasteiger partial charge in [0.15, 0.2) is 0 Å². The number of rotatable bonds is 5. The van der Waals surface area contributed by atoms with E-state index in [0.717, 1.165) is 4.68 Å². The molecule has 0 aliphatic carbocycles. The Morgan fingerprint density at radius 2 is 2.29 bits per heavy atom. The van der Waals surface area contributed by atoms with E-state index in [1.165, 1.54) is 25.3 Å². The summed E-state index contributed by atoms with van der Waals surface area (Å²) in [4.78, 5) is 22.2. The van der Waals surface area contributed by atoms with Gasteiger partial charge in [0.05, 0.1) is 13.7 Å². The number of aliphatic carboxylic acids is 1. The minimum absolute atomic E-state index is 0.117. The third-order valence-corrected chi connectivity index (χ3v) is 2.22. The minimum atomic E-state index is -0.983. The number of carboxylic acid groups (broad SMARTS) is 1. The van der Waals surface area contributed by atoms with Gasteiger partial charge in [0, 0.05) is 17.7 Å². The van der Waals surface area contributed by atoms with Crippen molar-refractivity contribution in [2.24, 2.45) is 0 Å². The quantitative estimate of drug-likeness (QED) is 0.762. The lowest BCUT2D eigenvalue weighted by Gasteiger charge is -2.04. The van der Waals surface area contributed by atoms with Crippen LogP contribution in [0.4, 0.5) is 0 Å². The summed E-state index contributed by atoms with van der Waals surface area (Å²) >= 11 is 0. The molecule has 0 aromatic carbocycles. The number of hydrogen-bond donors (Lipinski definition) is 1. The molecule has 0 saturated carbocycles. The maximum Gasteiger partial charge on any atom is 0.331 e. The van der Waals surface area contributed by atoms with E-state index in [0.29, 0.717) is 12.3 Å². The molecule has 1 heterocycles. The zero-order valence-electron chi connectivity index (χ0n) is 9.71. The minimum Gasteiger partial charge on any atom is -0.480 e. The van der Waals surface area contributed by atoms with E-state index in [1.807, 2.05) is 0 Å². The van der Waals surface area contributed by atoms with Gasteiger partial charge in [-0.05, 0) is 6.42 Å². The number of carbonyl (C=O) groups is 1. The zero-order valence-corrected chi connectivity index (χ0v) is 9.71. The lowest BCUT2D eigenvalue weighted by molar-refractivity contribution is -0.132. The number of aromatic nitrogens is 2. The second-order valence-electron chi connectivity index (χ2n) is 3.28. The van der Waals surface area contributed by atoms with Crippen LogP contribution in [0, 0.1) is 0 Å². The van der Waals surface area contributed by atoms with Crippen molar-refractivity contribution in [3.8, 4) is 5.88 Å². The molecule has 0 bridgehead atoms. The first-order valence-electron chi connectivity index (χ1n) is 5.13. The SMILES string of the molecule is CC/C(=C/Cn1nc(OC)ccc1=O)C(=O)O. The van der Waals surface area contributed by atoms with Crippen LogP contribution in [0.2, 0.25) is 0 Å². The van der Waals surface area contributed by atoms with Crippen molar-refractivity contribution in [3.05, 3.63) is 34.1 Å². The summed E-state index contributed by atoms with van der Waals surface area (Å²) < 4.78 is 6.03. The van der Waals surface area contributed by atoms with Gasteiger partial charge in [-0.3, -0.25) is 4.79 Å². The maximum atomic E-state index is 11.4. The summed E-state index contributed by atoms with van der Waals surface area (Å²) in [5, 5.41) is 12.7. The Morgan fingerprint density at radius 3 is 2.82 bits per heavy atom. The molecule has 1 aromatic heterocycles. The molecule has 1 rings (SSSR count). The van der Waals surface area contributed by atoms with Gasteiger partial charge in [-0.25, -0.2) is 9.48 Å². The highest BCUT2D eigenvalue weighted by Crippen LogP contribution is 2.02. The van der Waals surface area contributed by atoms with Gasteiger partial charge >= 0.3 is 5.97 Å². The van der Waals surface area contributed by atoms with E-state index in [4.69, 9.17) is 9.84 Å². The molecule has 0 unspecified atom stereocenters. The van der Waals surface area contributed by atoms with E-state index in [9.17, 15) is 9.59 Å². The summed E-state index contributed by atoms with van der Waals surface area (Å²) in [5.41, 5.74) is -0.0515. The highest BCUT2D eigenvalue weighted by Gasteiger charge is 2.04. The van der Waals surface area contributed by atoms with Crippen LogP contribution in [0.5, 0.6) is 5.88 Å². The van der Waals surface area contributed by atoms with Crippen molar-refractivity contribution in [2.45, 2.75) is 19.9 Å². The third kappa shape index (κ3) is 3.44. The fourth-order valence-corrected chi connectivity index (χ4v) is 1.25. The van der Waals surface area contributed by atoms with Crippen molar-refractivity contribution < 1.29 is 14.6 Å². The van der Waals surface area contributed by atoms with Crippen LogP contribution in [0.15, 0.2) is 28.6 Å². The van der Waals surface area contributed by atoms with Gasteiger partial charge in [0.1, 0.15) is 0 Å². The van der Waals surface area contributed by atoms with Crippen LogP contribution >= 0.6 is 0 Å². The number of carboxylic acids is 1. The molecule has 0 radical (unpaired) electrons. The summed E-state index contributed by atoms with van der Waals surface area (Å²) in [7, 11) is 1.45. The Balaban J connectivity index is 2.95. The molecule has 0 saturated heterocycles. The van der Waals surface area contributed by atoms with Gasteiger partial charge in [0.2, 0.25) is 5.88 Å². The lowest BCUT2D eigenvalue weighted by Crippen LogP contribution is -2.21. The molecule has 1 N–H and O–H groups in total. The second-order valence-corrected chi connectivity index (χ2v) is 3.28. The molecular formula is C11H14N2O4. The Bertz CT molecular complexity index is 490. The lowest BCUT2D eigenvalue weighted by atomic mass is 10.2. The van der Waals surface area contributed by atoms with Gasteiger partial charge in [0.25, 0.3) is 5.56 Å². The molecule has 0 spiro atoms. The van der Waals surface area contributed by atoms with Gasteiger partial charge in [-0.1, -0.05) is 13.0 Å². The molecule has 0 amide bonds. The van der Waals surface area contributed by atoms with Gasteiger partial charge < -0.3 is 9.84 Å². The molecule has 0 aliphatic rings. The average molecular weight is 238 g/mol. The van der Waals surface area contributed by atoms with Crippen LogP contribution < -0.4 is 10.3 Å². The molecular weight excluding hydrogens is 224 g/mol. The summed E-state index contributed by atoms with van der Waals surface area (Å²) in [6, 6.07) is 2.78. The van der Waals surface area contributed by atoms with Crippen molar-refractivity contribution in [2.75, 3.05) is 7.11 Å². The smallest absolute Gasteiger partial charge is 0.331 e. The number of allylic oxidation sites excluding steroid dienone is 1. The first-order valence-corrected chi connectivity index (χ1v) is 5.13. The predicted molar refractivity (Wildman–Crippen MR) is 61.1 cm³/mol. The Hall–Kier alpha value is -2.11. The highest BCUT2D eigenvalue weighted by atomic mass is 16.5. The van der Waals surface area contributed by atoms with Crippen LogP contribution in [-0.4, -0.2) is 28.0 Å². The van der Waals surface area contributed by atoms with Crippen LogP contribution in [0.25, 0.3) is 0 Å². The fourth-order valence-electron chi connectivity index (χ4n) is 1.25. The van der Waals surface area contributed by atoms with Crippen LogP contribution in [0.1, 0.15) is 13.3 Å². The largest absolute Gasteiger partial charge is 0.480 e. The number of methoxy groups -OCH3 is 1. The highest BCUT2D eigenvalue weighted by molar-refractivity contribution is 5.86. The van der Waals surface area contributed by atoms with Gasteiger partial charge in [-0.2, -0.15) is 0 Å². The Morgan fingerprint density at radius 1 is 1.59 bits per heavy atom. The van der Waals surface area contributed by atoms with Crippen molar-refractivity contribution in [1.29, 1.82) is 0 Å². The van der Waals surface area contributed by atoms with E-state index in [-0.39, 0.29) is 17.7 Å². The van der Waals surface area contributed by atoms with E-state index >= 15 is 0 Å². The van der Waals surface area contributed by atoms with E-state index < -0.39 is 5.97 Å². The van der Waals surface area contributed by atoms with Gasteiger partial charge in [-0.15, -0.1) is 5.10 Å². The second kappa shape index (κ2) is 5.83. The molecule has 0 aliphatic heterocycles. The molecule has 0 fully saturated rings. The first-order chi connectivity index (χ1) is 8.08. The summed E-state index contributed by atoms with van der Waals surface area (Å²) in [5.74, 6) is -0.671. The maximum absolute atomic E-state index is 11.4. The van der Waals surface area contributed by atoms with Crippen molar-refractivity contribution in [1.82, 2.24) is 9.78 Å². The fraction of sp³-hybridized carbons (Fsp3) is 0.364. The number of nitrogens with zero attached hydrogens (tertiary/aromatic N) is 2. The third-order valence-electron chi connectivity index (χ3n) is 2.22. The number of hydrogen-bond acceptors (Lipinski definition) is 4. The molecule has 1 aromatic rings. The topological polar surface area (TPSA) is 81.4 Å². The first kappa shape index (κ1) is 13.0. The number of ether oxygens (including phenoxy) is 1. The molecule has 92 valence electrons. The molecule has 0 atom stereocenters. The van der Waals surface area contributed by atoms with Crippen LogP contribution in [0.3, 0.4) is 0 Å². The molecule has 6 nitrogen and oxygen atoms in total. The monoisotopic (exact) mass is 238 g/mol. The molecule has 17 heavy (non-hydrogen) atoms. The standard InChI is InChI=1S/C11H14N2O4/c1-3-8(11(15)16)6-7-13-10(14)5-4-9(12-13)17-2/h4-6H,3,7H2,1-2H3,(H,15,16)/b8-6-. The Labute approximate surface area is 98.1 Å². The van der Waals surface area contributed by atoms with Crippen molar-refractivity contribution in [3.63, 3.8) is 0 Å². The van der Waals surface area contributed by atoms with E-state index in [1.54, 1.807) is 6.92 Å². The zero-order chi connectivity index (χ0) is 12.8. The van der Waals surface area contributed by atoms with Crippen LogP contribution in [-0.2, 0) is 11.3 Å². The van der Waals surface area contributed by atoms with Crippen molar-refractivity contribution >= 4 is 5.97 Å².